The molecule has 1 N–H and O–H groups in total. The molecule has 0 spiro atoms. The molecule has 0 saturated heterocycles. The fraction of sp³-hybridized carbons (Fsp3) is 0.538. The molecule has 0 aliphatic rings. The third-order valence-corrected chi connectivity index (χ3v) is 3.66. The first-order valence-electron chi connectivity index (χ1n) is 5.70. The number of hydrogen-bond acceptors (Lipinski definition) is 3. The highest BCUT2D eigenvalue weighted by molar-refractivity contribution is 7.99. The molecule has 0 fully saturated rings. The summed E-state index contributed by atoms with van der Waals surface area (Å²) in [5, 5.41) is 3.25. The van der Waals surface area contributed by atoms with Crippen LogP contribution in [0.2, 0.25) is 0 Å². The van der Waals surface area contributed by atoms with Gasteiger partial charge in [-0.05, 0) is 50.8 Å². The van der Waals surface area contributed by atoms with Crippen molar-refractivity contribution in [3.63, 3.8) is 0 Å². The van der Waals surface area contributed by atoms with E-state index in [1.807, 2.05) is 30.9 Å². The Morgan fingerprint density at radius 3 is 2.94 bits per heavy atom. The van der Waals surface area contributed by atoms with Crippen molar-refractivity contribution in [3.8, 4) is 5.75 Å². The van der Waals surface area contributed by atoms with Gasteiger partial charge in [-0.3, -0.25) is 0 Å². The minimum atomic E-state index is 0.617. The molecule has 0 bridgehead atoms. The van der Waals surface area contributed by atoms with E-state index in [-0.39, 0.29) is 0 Å². The van der Waals surface area contributed by atoms with Gasteiger partial charge in [-0.2, -0.15) is 0 Å². The van der Waals surface area contributed by atoms with Gasteiger partial charge < -0.3 is 10.1 Å². The third-order valence-electron chi connectivity index (χ3n) is 2.58. The van der Waals surface area contributed by atoms with Gasteiger partial charge in [-0.1, -0.05) is 6.07 Å². The average molecular weight is 239 g/mol. The van der Waals surface area contributed by atoms with Crippen molar-refractivity contribution in [1.29, 1.82) is 0 Å². The van der Waals surface area contributed by atoms with Gasteiger partial charge in [-0.25, -0.2) is 0 Å². The van der Waals surface area contributed by atoms with E-state index in [0.717, 1.165) is 5.75 Å². The Morgan fingerprint density at radius 2 is 2.25 bits per heavy atom. The van der Waals surface area contributed by atoms with Gasteiger partial charge in [0.1, 0.15) is 5.75 Å². The van der Waals surface area contributed by atoms with E-state index >= 15 is 0 Å². The van der Waals surface area contributed by atoms with Crippen LogP contribution in [0.1, 0.15) is 19.8 Å². The Bertz CT molecular complexity index is 304. The van der Waals surface area contributed by atoms with Gasteiger partial charge in [0.2, 0.25) is 0 Å². The Hall–Kier alpha value is -0.670. The lowest BCUT2D eigenvalue weighted by atomic mass is 10.2. The highest BCUT2D eigenvalue weighted by Crippen LogP contribution is 2.23. The van der Waals surface area contributed by atoms with E-state index in [9.17, 15) is 0 Å². The number of thioether (sulfide) groups is 1. The molecular formula is C13H21NOS. The average Bonchev–Trinajstić information content (AvgIpc) is 2.34. The van der Waals surface area contributed by atoms with Gasteiger partial charge in [0, 0.05) is 10.9 Å². The molecule has 1 unspecified atom stereocenters. The lowest BCUT2D eigenvalue weighted by molar-refractivity contribution is 0.413. The molecule has 1 atom stereocenters. The first-order chi connectivity index (χ1) is 7.76. The van der Waals surface area contributed by atoms with Crippen LogP contribution >= 0.6 is 11.8 Å². The number of methoxy groups -OCH3 is 1. The highest BCUT2D eigenvalue weighted by atomic mass is 32.2. The van der Waals surface area contributed by atoms with Crippen LogP contribution in [-0.4, -0.2) is 26.0 Å². The SMILES string of the molecule is CNC(C)CCCSc1cccc(OC)c1. The van der Waals surface area contributed by atoms with Crippen LogP contribution in [0.3, 0.4) is 0 Å². The summed E-state index contributed by atoms with van der Waals surface area (Å²) >= 11 is 1.89. The molecule has 0 saturated carbocycles. The van der Waals surface area contributed by atoms with Crippen LogP contribution in [-0.2, 0) is 0 Å². The predicted molar refractivity (Wildman–Crippen MR) is 71.5 cm³/mol. The van der Waals surface area contributed by atoms with Gasteiger partial charge in [0.15, 0.2) is 0 Å². The van der Waals surface area contributed by atoms with Gasteiger partial charge in [0.05, 0.1) is 7.11 Å². The quantitative estimate of drug-likeness (QED) is 0.583. The molecule has 90 valence electrons. The molecule has 3 heteroatoms. The molecule has 0 heterocycles. The number of hydrogen-bond donors (Lipinski definition) is 1. The van der Waals surface area contributed by atoms with Crippen molar-refractivity contribution in [2.75, 3.05) is 19.9 Å². The maximum atomic E-state index is 5.19. The summed E-state index contributed by atoms with van der Waals surface area (Å²) in [6.45, 7) is 2.22. The lowest BCUT2D eigenvalue weighted by Gasteiger charge is -2.09. The molecule has 0 amide bonds. The second kappa shape index (κ2) is 7.58. The first-order valence-corrected chi connectivity index (χ1v) is 6.69. The second-order valence-corrected chi connectivity index (χ2v) is 5.03. The molecular weight excluding hydrogens is 218 g/mol. The minimum Gasteiger partial charge on any atom is -0.497 e. The zero-order chi connectivity index (χ0) is 11.8. The van der Waals surface area contributed by atoms with Crippen LogP contribution in [0.4, 0.5) is 0 Å². The Kier molecular flexibility index (Phi) is 6.34. The Labute approximate surface area is 103 Å². The van der Waals surface area contributed by atoms with Gasteiger partial charge in [-0.15, -0.1) is 11.8 Å². The van der Waals surface area contributed by atoms with Gasteiger partial charge in [0.25, 0.3) is 0 Å². The van der Waals surface area contributed by atoms with E-state index in [2.05, 4.69) is 24.4 Å². The molecule has 0 radical (unpaired) electrons. The highest BCUT2D eigenvalue weighted by Gasteiger charge is 1.99. The van der Waals surface area contributed by atoms with Crippen molar-refractivity contribution < 1.29 is 4.74 Å². The summed E-state index contributed by atoms with van der Waals surface area (Å²) in [5.74, 6) is 2.10. The van der Waals surface area contributed by atoms with Crippen molar-refractivity contribution >= 4 is 11.8 Å². The smallest absolute Gasteiger partial charge is 0.119 e. The normalized spacial score (nSPS) is 12.4. The van der Waals surface area contributed by atoms with Crippen LogP contribution in [0.25, 0.3) is 0 Å². The second-order valence-electron chi connectivity index (χ2n) is 3.86. The summed E-state index contributed by atoms with van der Waals surface area (Å²) in [4.78, 5) is 1.29. The van der Waals surface area contributed by atoms with Crippen molar-refractivity contribution in [2.45, 2.75) is 30.7 Å². The Morgan fingerprint density at radius 1 is 1.44 bits per heavy atom. The fourth-order valence-electron chi connectivity index (χ4n) is 1.41. The topological polar surface area (TPSA) is 21.3 Å². The number of ether oxygens (including phenoxy) is 1. The van der Waals surface area contributed by atoms with E-state index in [1.54, 1.807) is 7.11 Å². The maximum Gasteiger partial charge on any atom is 0.119 e. The Balaban J connectivity index is 2.26. The predicted octanol–water partition coefficient (Wildman–Crippen LogP) is 3.18. The molecule has 0 aliphatic carbocycles. The van der Waals surface area contributed by atoms with E-state index in [1.165, 1.54) is 23.5 Å². The van der Waals surface area contributed by atoms with Crippen LogP contribution in [0, 0.1) is 0 Å². The molecule has 1 aromatic rings. The monoisotopic (exact) mass is 239 g/mol. The summed E-state index contributed by atoms with van der Waals surface area (Å²) < 4.78 is 5.19. The lowest BCUT2D eigenvalue weighted by Crippen LogP contribution is -2.20. The zero-order valence-corrected chi connectivity index (χ0v) is 11.1. The standard InChI is InChI=1S/C13H21NOS/c1-11(14-2)6-5-9-16-13-8-4-7-12(10-13)15-3/h4,7-8,10-11,14H,5-6,9H2,1-3H3. The minimum absolute atomic E-state index is 0.617. The maximum absolute atomic E-state index is 5.19. The summed E-state index contributed by atoms with van der Waals surface area (Å²) in [6, 6.07) is 8.86. The van der Waals surface area contributed by atoms with E-state index < -0.39 is 0 Å². The van der Waals surface area contributed by atoms with Crippen molar-refractivity contribution in [1.82, 2.24) is 5.32 Å². The van der Waals surface area contributed by atoms with Gasteiger partial charge >= 0.3 is 0 Å². The number of benzene rings is 1. The summed E-state index contributed by atoms with van der Waals surface area (Å²) in [7, 11) is 3.72. The molecule has 16 heavy (non-hydrogen) atoms. The summed E-state index contributed by atoms with van der Waals surface area (Å²) in [5.41, 5.74) is 0. The third kappa shape index (κ3) is 4.90. The van der Waals surface area contributed by atoms with Crippen LogP contribution in [0.5, 0.6) is 5.75 Å². The summed E-state index contributed by atoms with van der Waals surface area (Å²) in [6.07, 6.45) is 2.47. The molecule has 0 aliphatic heterocycles. The molecule has 1 rings (SSSR count). The van der Waals surface area contributed by atoms with Crippen LogP contribution in [0.15, 0.2) is 29.2 Å². The van der Waals surface area contributed by atoms with E-state index in [4.69, 9.17) is 4.74 Å². The van der Waals surface area contributed by atoms with E-state index in [0.29, 0.717) is 6.04 Å². The fourth-order valence-corrected chi connectivity index (χ4v) is 2.34. The first kappa shape index (κ1) is 13.4. The van der Waals surface area contributed by atoms with Crippen molar-refractivity contribution in [2.24, 2.45) is 0 Å². The molecule has 2 nitrogen and oxygen atoms in total. The largest absolute Gasteiger partial charge is 0.497 e. The molecule has 1 aromatic carbocycles. The molecule has 0 aromatic heterocycles. The number of nitrogens with one attached hydrogen (secondary N) is 1. The van der Waals surface area contributed by atoms with Crippen molar-refractivity contribution in [3.05, 3.63) is 24.3 Å². The van der Waals surface area contributed by atoms with Crippen LogP contribution < -0.4 is 10.1 Å². The number of rotatable bonds is 7. The zero-order valence-electron chi connectivity index (χ0n) is 10.3.